The SMILES string of the molecule is CN(C(=O)c1ccc2c(c1)OCO2)[C@@H](Cc1ccccc1)C(C)(C)CNC(=O)c1ccccn1. The van der Waals surface area contributed by atoms with Crippen LogP contribution in [0.2, 0.25) is 0 Å². The van der Waals surface area contributed by atoms with Gasteiger partial charge < -0.3 is 19.7 Å². The first-order valence-corrected chi connectivity index (χ1v) is 11.2. The van der Waals surface area contributed by atoms with E-state index in [1.807, 2.05) is 25.2 Å². The summed E-state index contributed by atoms with van der Waals surface area (Å²) in [7, 11) is 1.81. The van der Waals surface area contributed by atoms with Gasteiger partial charge in [-0.15, -0.1) is 0 Å². The molecular weight excluding hydrogens is 430 g/mol. The lowest BCUT2D eigenvalue weighted by Gasteiger charge is -2.41. The lowest BCUT2D eigenvalue weighted by molar-refractivity contribution is 0.0561. The van der Waals surface area contributed by atoms with Gasteiger partial charge in [0, 0.05) is 36.8 Å². The minimum Gasteiger partial charge on any atom is -0.454 e. The Hall–Kier alpha value is -3.87. The number of nitrogens with one attached hydrogen (secondary N) is 1. The van der Waals surface area contributed by atoms with E-state index in [4.69, 9.17) is 9.47 Å². The van der Waals surface area contributed by atoms with Crippen molar-refractivity contribution in [3.05, 3.63) is 89.7 Å². The van der Waals surface area contributed by atoms with Crippen LogP contribution in [0, 0.1) is 5.41 Å². The molecule has 0 bridgehead atoms. The molecule has 2 heterocycles. The molecule has 4 rings (SSSR count). The molecule has 1 atom stereocenters. The highest BCUT2D eigenvalue weighted by molar-refractivity contribution is 5.95. The number of rotatable bonds is 8. The molecule has 176 valence electrons. The van der Waals surface area contributed by atoms with Gasteiger partial charge in [0.25, 0.3) is 11.8 Å². The highest BCUT2D eigenvalue weighted by Crippen LogP contribution is 2.34. The lowest BCUT2D eigenvalue weighted by Crippen LogP contribution is -2.52. The minimum atomic E-state index is -0.443. The van der Waals surface area contributed by atoms with E-state index >= 15 is 0 Å². The van der Waals surface area contributed by atoms with Gasteiger partial charge in [-0.25, -0.2) is 0 Å². The number of aromatic nitrogens is 1. The summed E-state index contributed by atoms with van der Waals surface area (Å²) in [5.41, 5.74) is 1.56. The Morgan fingerprint density at radius 1 is 1.03 bits per heavy atom. The molecule has 0 saturated carbocycles. The number of ether oxygens (including phenoxy) is 2. The highest BCUT2D eigenvalue weighted by atomic mass is 16.7. The molecule has 3 aromatic rings. The molecule has 1 aliphatic heterocycles. The molecule has 0 spiro atoms. The van der Waals surface area contributed by atoms with Crippen LogP contribution in [0.15, 0.2) is 72.9 Å². The van der Waals surface area contributed by atoms with E-state index in [9.17, 15) is 9.59 Å². The third-order valence-electron chi connectivity index (χ3n) is 6.18. The summed E-state index contributed by atoms with van der Waals surface area (Å²) < 4.78 is 10.8. The molecule has 1 aliphatic rings. The van der Waals surface area contributed by atoms with Crippen molar-refractivity contribution >= 4 is 11.8 Å². The molecule has 7 nitrogen and oxygen atoms in total. The Kier molecular flexibility index (Phi) is 6.82. The number of pyridine rings is 1. The van der Waals surface area contributed by atoms with Gasteiger partial charge in [-0.2, -0.15) is 0 Å². The highest BCUT2D eigenvalue weighted by Gasteiger charge is 2.36. The summed E-state index contributed by atoms with van der Waals surface area (Å²) >= 11 is 0. The number of fused-ring (bicyclic) bond motifs is 1. The standard InChI is InChI=1S/C27H29N3O4/c1-27(2,17-29-25(31)21-11-7-8-14-28-21)24(15-19-9-5-4-6-10-19)30(3)26(32)20-12-13-22-23(16-20)34-18-33-22/h4-14,16,24H,15,17-18H2,1-3H3,(H,29,31)/t24-/m0/s1. The Morgan fingerprint density at radius 2 is 1.76 bits per heavy atom. The Balaban J connectivity index is 1.56. The van der Waals surface area contributed by atoms with Crippen LogP contribution in [0.5, 0.6) is 11.5 Å². The van der Waals surface area contributed by atoms with Crippen LogP contribution in [0.1, 0.15) is 40.3 Å². The van der Waals surface area contributed by atoms with Crippen molar-refractivity contribution < 1.29 is 19.1 Å². The van der Waals surface area contributed by atoms with Gasteiger partial charge in [0.2, 0.25) is 6.79 Å². The van der Waals surface area contributed by atoms with Crippen LogP contribution in [0.3, 0.4) is 0 Å². The molecule has 34 heavy (non-hydrogen) atoms. The van der Waals surface area contributed by atoms with E-state index < -0.39 is 5.41 Å². The number of nitrogens with zero attached hydrogens (tertiary/aromatic N) is 2. The second kappa shape index (κ2) is 9.95. The van der Waals surface area contributed by atoms with E-state index in [-0.39, 0.29) is 24.6 Å². The molecule has 2 aromatic carbocycles. The maximum Gasteiger partial charge on any atom is 0.269 e. The topological polar surface area (TPSA) is 80.8 Å². The summed E-state index contributed by atoms with van der Waals surface area (Å²) in [5.74, 6) is 0.846. The maximum absolute atomic E-state index is 13.5. The van der Waals surface area contributed by atoms with Crippen molar-refractivity contribution in [1.82, 2.24) is 15.2 Å². The number of hydrogen-bond donors (Lipinski definition) is 1. The van der Waals surface area contributed by atoms with Crippen LogP contribution in [0.4, 0.5) is 0 Å². The fraction of sp³-hybridized carbons (Fsp3) is 0.296. The van der Waals surface area contributed by atoms with Gasteiger partial charge in [-0.1, -0.05) is 50.2 Å². The molecule has 0 radical (unpaired) electrons. The van der Waals surface area contributed by atoms with Crippen LogP contribution < -0.4 is 14.8 Å². The first-order chi connectivity index (χ1) is 16.3. The van der Waals surface area contributed by atoms with Crippen LogP contribution in [-0.4, -0.2) is 48.1 Å². The summed E-state index contributed by atoms with van der Waals surface area (Å²) in [6.45, 7) is 4.65. The molecule has 1 N–H and O–H groups in total. The van der Waals surface area contributed by atoms with Crippen molar-refractivity contribution in [2.24, 2.45) is 5.41 Å². The van der Waals surface area contributed by atoms with Crippen LogP contribution in [0.25, 0.3) is 0 Å². The summed E-state index contributed by atoms with van der Waals surface area (Å²) in [6, 6.07) is 20.3. The largest absolute Gasteiger partial charge is 0.454 e. The zero-order valence-electron chi connectivity index (χ0n) is 19.7. The lowest BCUT2D eigenvalue weighted by atomic mass is 9.79. The van der Waals surface area contributed by atoms with E-state index in [0.29, 0.717) is 35.7 Å². The normalized spacial score (nSPS) is 13.3. The van der Waals surface area contributed by atoms with Gasteiger partial charge in [0.1, 0.15) is 5.69 Å². The van der Waals surface area contributed by atoms with E-state index in [0.717, 1.165) is 5.56 Å². The second-order valence-electron chi connectivity index (χ2n) is 9.08. The third-order valence-corrected chi connectivity index (χ3v) is 6.18. The quantitative estimate of drug-likeness (QED) is 0.552. The van der Waals surface area contributed by atoms with Crippen molar-refractivity contribution in [1.29, 1.82) is 0 Å². The van der Waals surface area contributed by atoms with Crippen molar-refractivity contribution in [3.8, 4) is 11.5 Å². The third kappa shape index (κ3) is 5.20. The van der Waals surface area contributed by atoms with Crippen LogP contribution >= 0.6 is 0 Å². The predicted octanol–water partition coefficient (Wildman–Crippen LogP) is 3.95. The first-order valence-electron chi connectivity index (χ1n) is 11.2. The maximum atomic E-state index is 13.5. The number of carbonyl (C=O) groups excluding carboxylic acids is 2. The molecule has 0 unspecified atom stereocenters. The molecule has 7 heteroatoms. The molecule has 2 amide bonds. The summed E-state index contributed by atoms with van der Waals surface area (Å²) in [6.07, 6.45) is 2.23. The first kappa shape index (κ1) is 23.3. The van der Waals surface area contributed by atoms with Crippen molar-refractivity contribution in [2.75, 3.05) is 20.4 Å². The van der Waals surface area contributed by atoms with E-state index in [1.165, 1.54) is 0 Å². The number of carbonyl (C=O) groups is 2. The van der Waals surface area contributed by atoms with Gasteiger partial charge in [-0.05, 0) is 42.3 Å². The van der Waals surface area contributed by atoms with Crippen molar-refractivity contribution in [2.45, 2.75) is 26.3 Å². The predicted molar refractivity (Wildman–Crippen MR) is 129 cm³/mol. The summed E-state index contributed by atoms with van der Waals surface area (Å²) in [4.78, 5) is 32.0. The Bertz CT molecular complexity index is 1150. The molecule has 0 saturated heterocycles. The average Bonchev–Trinajstić information content (AvgIpc) is 3.34. The van der Waals surface area contributed by atoms with Gasteiger partial charge in [0.05, 0.1) is 0 Å². The smallest absolute Gasteiger partial charge is 0.269 e. The zero-order valence-corrected chi connectivity index (χ0v) is 19.7. The molecular formula is C27H29N3O4. The molecule has 0 fully saturated rings. The number of amides is 2. The zero-order chi connectivity index (χ0) is 24.1. The van der Waals surface area contributed by atoms with Crippen molar-refractivity contribution in [3.63, 3.8) is 0 Å². The average molecular weight is 460 g/mol. The fourth-order valence-electron chi connectivity index (χ4n) is 4.16. The Labute approximate surface area is 199 Å². The van der Waals surface area contributed by atoms with Gasteiger partial charge in [-0.3, -0.25) is 14.6 Å². The molecule has 0 aliphatic carbocycles. The van der Waals surface area contributed by atoms with E-state index in [2.05, 4.69) is 36.3 Å². The number of hydrogen-bond acceptors (Lipinski definition) is 5. The second-order valence-corrected chi connectivity index (χ2v) is 9.08. The van der Waals surface area contributed by atoms with Gasteiger partial charge in [0.15, 0.2) is 11.5 Å². The summed E-state index contributed by atoms with van der Waals surface area (Å²) in [5, 5.41) is 3.00. The Morgan fingerprint density at radius 3 is 2.50 bits per heavy atom. The monoisotopic (exact) mass is 459 g/mol. The number of likely N-dealkylation sites (N-methyl/N-ethyl adjacent to an activating group) is 1. The fourth-order valence-corrected chi connectivity index (χ4v) is 4.16. The molecule has 1 aromatic heterocycles. The minimum absolute atomic E-state index is 0.122. The number of benzene rings is 2. The van der Waals surface area contributed by atoms with Gasteiger partial charge >= 0.3 is 0 Å². The van der Waals surface area contributed by atoms with E-state index in [1.54, 1.807) is 47.5 Å². The van der Waals surface area contributed by atoms with Crippen LogP contribution in [-0.2, 0) is 6.42 Å².